The molecule has 4 rings (SSSR count). The van der Waals surface area contributed by atoms with Crippen LogP contribution in [-0.4, -0.2) is 72.3 Å². The van der Waals surface area contributed by atoms with Crippen molar-refractivity contribution in [1.29, 1.82) is 0 Å². The fourth-order valence-corrected chi connectivity index (χ4v) is 4.03. The number of nitrogens with zero attached hydrogens (tertiary/aromatic N) is 7. The van der Waals surface area contributed by atoms with E-state index in [0.29, 0.717) is 36.5 Å². The average Bonchev–Trinajstić information content (AvgIpc) is 3.19. The number of aromatic nitrogens is 5. The van der Waals surface area contributed by atoms with E-state index >= 15 is 0 Å². The minimum atomic E-state index is -0.927. The summed E-state index contributed by atoms with van der Waals surface area (Å²) in [5.74, 6) is -0.0615. The monoisotopic (exact) mass is 468 g/mol. The van der Waals surface area contributed by atoms with E-state index in [-0.39, 0.29) is 17.5 Å². The number of hydrogen-bond acceptors (Lipinski definition) is 8. The highest BCUT2D eigenvalue weighted by molar-refractivity contribution is 5.97. The molecule has 2 aromatic heterocycles. The van der Waals surface area contributed by atoms with Crippen LogP contribution < -0.4 is 15.5 Å². The molecule has 180 valence electrons. The smallest absolute Gasteiger partial charge is 0.407 e. The van der Waals surface area contributed by atoms with Crippen LogP contribution in [0.1, 0.15) is 44.0 Å². The van der Waals surface area contributed by atoms with E-state index in [1.165, 1.54) is 15.9 Å². The summed E-state index contributed by atoms with van der Waals surface area (Å²) >= 11 is 0. The minimum absolute atomic E-state index is 0.00237. The fraction of sp³-hybridized carbons (Fsp3) is 0.455. The zero-order valence-corrected chi connectivity index (χ0v) is 19.4. The number of carbonyl (C=O) groups excluding carboxylic acids is 1. The SMILES string of the molecule is CC(C)(C)N(CC1CCN(c2nc(On3nnc4ccccc43)ncc2C(N)=O)CC1)C(=O)O. The van der Waals surface area contributed by atoms with Gasteiger partial charge in [0, 0.05) is 31.4 Å². The molecule has 1 aromatic carbocycles. The molecule has 34 heavy (non-hydrogen) atoms. The Balaban J connectivity index is 1.51. The van der Waals surface area contributed by atoms with Crippen LogP contribution in [0.15, 0.2) is 30.5 Å². The molecule has 2 amide bonds. The van der Waals surface area contributed by atoms with E-state index < -0.39 is 17.5 Å². The van der Waals surface area contributed by atoms with Gasteiger partial charge < -0.3 is 25.5 Å². The lowest BCUT2D eigenvalue weighted by Crippen LogP contribution is -2.49. The Hall–Kier alpha value is -3.96. The first kappa shape index (κ1) is 23.2. The molecule has 3 aromatic rings. The zero-order valence-electron chi connectivity index (χ0n) is 19.4. The average molecular weight is 469 g/mol. The van der Waals surface area contributed by atoms with Crippen LogP contribution in [0.25, 0.3) is 11.0 Å². The van der Waals surface area contributed by atoms with E-state index in [9.17, 15) is 14.7 Å². The number of piperidine rings is 1. The molecule has 1 fully saturated rings. The van der Waals surface area contributed by atoms with Gasteiger partial charge in [-0.25, -0.2) is 9.78 Å². The number of carbonyl (C=O) groups is 2. The number of nitrogens with two attached hydrogens (primary N) is 1. The van der Waals surface area contributed by atoms with Crippen molar-refractivity contribution in [3.05, 3.63) is 36.0 Å². The topological polar surface area (TPSA) is 153 Å². The number of amides is 2. The van der Waals surface area contributed by atoms with Crippen LogP contribution in [0, 0.1) is 5.92 Å². The van der Waals surface area contributed by atoms with Crippen molar-refractivity contribution < 1.29 is 19.5 Å². The van der Waals surface area contributed by atoms with Crippen molar-refractivity contribution in [2.24, 2.45) is 11.7 Å². The molecule has 0 radical (unpaired) electrons. The summed E-state index contributed by atoms with van der Waals surface area (Å²) in [6.45, 7) is 7.28. The molecule has 0 saturated carbocycles. The van der Waals surface area contributed by atoms with Crippen molar-refractivity contribution in [2.75, 3.05) is 24.5 Å². The molecular formula is C22H28N8O4. The maximum atomic E-state index is 12.0. The van der Waals surface area contributed by atoms with Gasteiger partial charge in [-0.2, -0.15) is 4.98 Å². The van der Waals surface area contributed by atoms with Crippen LogP contribution in [0.2, 0.25) is 0 Å². The highest BCUT2D eigenvalue weighted by Crippen LogP contribution is 2.28. The van der Waals surface area contributed by atoms with Crippen LogP contribution in [0.4, 0.5) is 10.6 Å². The van der Waals surface area contributed by atoms with Gasteiger partial charge in [-0.3, -0.25) is 4.79 Å². The molecule has 12 heteroatoms. The number of rotatable bonds is 6. The molecular weight excluding hydrogens is 440 g/mol. The standard InChI is InChI=1S/C22H28N8O4/c1-22(2,3)29(21(32)33)13-14-8-10-28(11-9-14)19-15(18(23)31)12-24-20(25-19)34-30-17-7-5-4-6-16(17)26-27-30/h4-7,12,14H,8-11,13H2,1-3H3,(H2,23,31)(H,32,33). The predicted molar refractivity (Wildman–Crippen MR) is 124 cm³/mol. The first-order chi connectivity index (χ1) is 16.1. The predicted octanol–water partition coefficient (Wildman–Crippen LogP) is 2.16. The third-order valence-electron chi connectivity index (χ3n) is 5.90. The molecule has 0 aliphatic carbocycles. The van der Waals surface area contributed by atoms with Gasteiger partial charge in [-0.15, -0.1) is 5.10 Å². The van der Waals surface area contributed by atoms with E-state index in [1.807, 2.05) is 37.8 Å². The molecule has 0 atom stereocenters. The molecule has 1 saturated heterocycles. The van der Waals surface area contributed by atoms with Crippen LogP contribution >= 0.6 is 0 Å². The Bertz CT molecular complexity index is 1200. The number of anilines is 1. The van der Waals surface area contributed by atoms with Gasteiger partial charge in [0.25, 0.3) is 5.91 Å². The molecule has 3 N–H and O–H groups in total. The fourth-order valence-electron chi connectivity index (χ4n) is 4.03. The van der Waals surface area contributed by atoms with Crippen molar-refractivity contribution in [3.8, 4) is 6.01 Å². The Morgan fingerprint density at radius 2 is 1.94 bits per heavy atom. The van der Waals surface area contributed by atoms with Crippen LogP contribution in [-0.2, 0) is 0 Å². The zero-order chi connectivity index (χ0) is 24.5. The van der Waals surface area contributed by atoms with Gasteiger partial charge in [-0.1, -0.05) is 17.0 Å². The van der Waals surface area contributed by atoms with Crippen LogP contribution in [0.3, 0.4) is 0 Å². The van der Waals surface area contributed by atoms with Gasteiger partial charge >= 0.3 is 12.1 Å². The first-order valence-electron chi connectivity index (χ1n) is 11.0. The second-order valence-corrected chi connectivity index (χ2v) is 9.29. The summed E-state index contributed by atoms with van der Waals surface area (Å²) in [7, 11) is 0. The van der Waals surface area contributed by atoms with E-state index in [1.54, 1.807) is 12.1 Å². The molecule has 1 aliphatic rings. The summed E-state index contributed by atoms with van der Waals surface area (Å²) in [6.07, 6.45) is 1.90. The van der Waals surface area contributed by atoms with Crippen LogP contribution in [0.5, 0.6) is 6.01 Å². The largest absolute Gasteiger partial charge is 0.465 e. The molecule has 12 nitrogen and oxygen atoms in total. The molecule has 1 aliphatic heterocycles. The lowest BCUT2D eigenvalue weighted by Gasteiger charge is -2.39. The molecule has 0 spiro atoms. The number of primary amides is 1. The Kier molecular flexibility index (Phi) is 6.22. The van der Waals surface area contributed by atoms with Gasteiger partial charge in [-0.05, 0) is 56.9 Å². The van der Waals surface area contributed by atoms with Gasteiger partial charge in [0.05, 0.1) is 0 Å². The second kappa shape index (κ2) is 9.12. The maximum absolute atomic E-state index is 12.0. The lowest BCUT2D eigenvalue weighted by atomic mass is 9.94. The van der Waals surface area contributed by atoms with Gasteiger partial charge in [0.15, 0.2) is 0 Å². The third-order valence-corrected chi connectivity index (χ3v) is 5.90. The Morgan fingerprint density at radius 3 is 2.59 bits per heavy atom. The number of para-hydroxylation sites is 1. The van der Waals surface area contributed by atoms with Crippen molar-refractivity contribution in [3.63, 3.8) is 0 Å². The molecule has 3 heterocycles. The Labute approximate surface area is 196 Å². The maximum Gasteiger partial charge on any atom is 0.407 e. The van der Waals surface area contributed by atoms with E-state index in [0.717, 1.165) is 12.8 Å². The summed E-state index contributed by atoms with van der Waals surface area (Å²) in [5, 5.41) is 17.6. The highest BCUT2D eigenvalue weighted by atomic mass is 16.7. The summed E-state index contributed by atoms with van der Waals surface area (Å²) in [5.41, 5.74) is 6.59. The molecule has 0 bridgehead atoms. The third kappa shape index (κ3) is 4.85. The highest BCUT2D eigenvalue weighted by Gasteiger charge is 2.31. The summed E-state index contributed by atoms with van der Waals surface area (Å²) in [4.78, 5) is 42.7. The lowest BCUT2D eigenvalue weighted by molar-refractivity contribution is 0.0850. The van der Waals surface area contributed by atoms with Crippen molar-refractivity contribution in [1.82, 2.24) is 30.0 Å². The number of benzene rings is 1. The first-order valence-corrected chi connectivity index (χ1v) is 11.0. The summed E-state index contributed by atoms with van der Waals surface area (Å²) in [6, 6.07) is 7.29. The molecule has 0 unspecified atom stereocenters. The van der Waals surface area contributed by atoms with E-state index in [2.05, 4.69) is 20.3 Å². The number of hydrogen-bond donors (Lipinski definition) is 2. The van der Waals surface area contributed by atoms with Gasteiger partial charge in [0.2, 0.25) is 0 Å². The van der Waals surface area contributed by atoms with Crippen molar-refractivity contribution >= 4 is 28.9 Å². The number of carboxylic acid groups (broad SMARTS) is 1. The normalized spacial score (nSPS) is 14.9. The quantitative estimate of drug-likeness (QED) is 0.554. The van der Waals surface area contributed by atoms with Crippen molar-refractivity contribution in [2.45, 2.75) is 39.2 Å². The van der Waals surface area contributed by atoms with Gasteiger partial charge in [0.1, 0.15) is 22.4 Å². The second-order valence-electron chi connectivity index (χ2n) is 9.29. The Morgan fingerprint density at radius 1 is 1.24 bits per heavy atom. The minimum Gasteiger partial charge on any atom is -0.465 e. The number of fused-ring (bicyclic) bond motifs is 1. The van der Waals surface area contributed by atoms with E-state index in [4.69, 9.17) is 10.6 Å². The summed E-state index contributed by atoms with van der Waals surface area (Å²) < 4.78 is 0.